The van der Waals surface area contributed by atoms with Gasteiger partial charge in [0.15, 0.2) is 5.16 Å². The fraction of sp³-hybridized carbons (Fsp3) is 0.444. The fourth-order valence-corrected chi connectivity index (χ4v) is 5.22. The van der Waals surface area contributed by atoms with Crippen LogP contribution >= 0.6 is 23.1 Å². The summed E-state index contributed by atoms with van der Waals surface area (Å²) in [5, 5.41) is 6.41. The second-order valence-corrected chi connectivity index (χ2v) is 8.18. The standard InChI is InChI=1S/C18H22N4O3S2/c1-3-8-22-17(25)15-11-6-5-7-12(11)27-16(15)21-18(22)26-10-14(24)20-9-13(23)19-4-2/h3H,1,4-10H2,2H3,(H,19,23)(H,20,24). The highest BCUT2D eigenvalue weighted by atomic mass is 32.2. The first kappa shape index (κ1) is 19.6. The van der Waals surface area contributed by atoms with Crippen molar-refractivity contribution in [3.05, 3.63) is 33.4 Å². The van der Waals surface area contributed by atoms with Crippen LogP contribution in [0.1, 0.15) is 23.8 Å². The lowest BCUT2D eigenvalue weighted by Crippen LogP contribution is -2.37. The van der Waals surface area contributed by atoms with Crippen LogP contribution in [0.5, 0.6) is 0 Å². The van der Waals surface area contributed by atoms with Crippen molar-refractivity contribution in [3.63, 3.8) is 0 Å². The van der Waals surface area contributed by atoms with E-state index in [0.717, 1.165) is 35.0 Å². The van der Waals surface area contributed by atoms with Gasteiger partial charge < -0.3 is 10.6 Å². The molecule has 0 spiro atoms. The van der Waals surface area contributed by atoms with Gasteiger partial charge in [-0.3, -0.25) is 19.0 Å². The Morgan fingerprint density at radius 1 is 1.33 bits per heavy atom. The van der Waals surface area contributed by atoms with E-state index in [2.05, 4.69) is 22.2 Å². The fourth-order valence-electron chi connectivity index (χ4n) is 3.08. The zero-order chi connectivity index (χ0) is 19.4. The van der Waals surface area contributed by atoms with E-state index >= 15 is 0 Å². The molecule has 9 heteroatoms. The van der Waals surface area contributed by atoms with Crippen LogP contribution in [-0.2, 0) is 29.0 Å². The minimum atomic E-state index is -0.278. The number of amides is 2. The number of carbonyl (C=O) groups is 2. The normalized spacial score (nSPS) is 12.8. The van der Waals surface area contributed by atoms with Gasteiger partial charge in [-0.2, -0.15) is 0 Å². The molecule has 0 radical (unpaired) electrons. The molecule has 7 nitrogen and oxygen atoms in total. The summed E-state index contributed by atoms with van der Waals surface area (Å²) in [7, 11) is 0. The van der Waals surface area contributed by atoms with Crippen LogP contribution in [0.3, 0.4) is 0 Å². The largest absolute Gasteiger partial charge is 0.355 e. The first-order valence-corrected chi connectivity index (χ1v) is 10.7. The van der Waals surface area contributed by atoms with Crippen LogP contribution in [0.25, 0.3) is 10.2 Å². The molecule has 2 aromatic heterocycles. The number of fused-ring (bicyclic) bond motifs is 3. The summed E-state index contributed by atoms with van der Waals surface area (Å²) in [6.07, 6.45) is 4.66. The molecule has 0 atom stereocenters. The van der Waals surface area contributed by atoms with Crippen LogP contribution in [0, 0.1) is 0 Å². The summed E-state index contributed by atoms with van der Waals surface area (Å²) in [6, 6.07) is 0. The van der Waals surface area contributed by atoms with Crippen LogP contribution in [0.2, 0.25) is 0 Å². The van der Waals surface area contributed by atoms with E-state index in [1.807, 2.05) is 6.92 Å². The molecule has 2 aromatic rings. The Morgan fingerprint density at radius 3 is 2.89 bits per heavy atom. The quantitative estimate of drug-likeness (QED) is 0.393. The molecule has 144 valence electrons. The van der Waals surface area contributed by atoms with Crippen molar-refractivity contribution >= 4 is 45.1 Å². The molecule has 0 saturated carbocycles. The van der Waals surface area contributed by atoms with Crippen molar-refractivity contribution in [3.8, 4) is 0 Å². The minimum absolute atomic E-state index is 0.0587. The Kier molecular flexibility index (Phi) is 6.33. The summed E-state index contributed by atoms with van der Waals surface area (Å²) in [4.78, 5) is 43.1. The van der Waals surface area contributed by atoms with Crippen molar-refractivity contribution in [1.29, 1.82) is 0 Å². The Bertz CT molecular complexity index is 948. The molecule has 2 amide bonds. The number of aryl methyl sites for hydroxylation is 2. The highest BCUT2D eigenvalue weighted by Crippen LogP contribution is 2.35. The topological polar surface area (TPSA) is 93.1 Å². The Balaban J connectivity index is 1.78. The summed E-state index contributed by atoms with van der Waals surface area (Å²) in [5.41, 5.74) is 1.08. The number of thiophene rings is 1. The number of likely N-dealkylation sites (N-methyl/N-ethyl adjacent to an activating group) is 1. The number of allylic oxidation sites excluding steroid dienone is 1. The summed E-state index contributed by atoms with van der Waals surface area (Å²) >= 11 is 2.78. The van der Waals surface area contributed by atoms with Gasteiger partial charge in [-0.15, -0.1) is 17.9 Å². The Labute approximate surface area is 165 Å². The Hall–Kier alpha value is -2.13. The smallest absolute Gasteiger partial charge is 0.263 e. The molecule has 0 unspecified atom stereocenters. The van der Waals surface area contributed by atoms with Crippen molar-refractivity contribution < 1.29 is 9.59 Å². The molecule has 1 aliphatic carbocycles. The molecule has 0 fully saturated rings. The van der Waals surface area contributed by atoms with Gasteiger partial charge in [0.05, 0.1) is 17.7 Å². The van der Waals surface area contributed by atoms with Crippen LogP contribution in [0.4, 0.5) is 0 Å². The maximum atomic E-state index is 13.0. The number of carbonyl (C=O) groups excluding carboxylic acids is 2. The van der Waals surface area contributed by atoms with Gasteiger partial charge in [0.25, 0.3) is 5.56 Å². The van der Waals surface area contributed by atoms with E-state index in [-0.39, 0.29) is 29.7 Å². The van der Waals surface area contributed by atoms with Crippen molar-refractivity contribution in [2.45, 2.75) is 37.9 Å². The third kappa shape index (κ3) is 4.24. The lowest BCUT2D eigenvalue weighted by atomic mass is 10.2. The number of nitrogens with one attached hydrogen (secondary N) is 2. The number of nitrogens with zero attached hydrogens (tertiary/aromatic N) is 2. The van der Waals surface area contributed by atoms with E-state index in [9.17, 15) is 14.4 Å². The monoisotopic (exact) mass is 406 g/mol. The van der Waals surface area contributed by atoms with Crippen LogP contribution in [0.15, 0.2) is 22.6 Å². The van der Waals surface area contributed by atoms with Gasteiger partial charge in [-0.25, -0.2) is 4.98 Å². The van der Waals surface area contributed by atoms with Crippen molar-refractivity contribution in [2.24, 2.45) is 0 Å². The molecule has 27 heavy (non-hydrogen) atoms. The first-order valence-electron chi connectivity index (χ1n) is 8.87. The SMILES string of the molecule is C=CCn1c(SCC(=O)NCC(=O)NCC)nc2sc3c(c2c1=O)CCC3. The molecular formula is C18H22N4O3S2. The van der Waals surface area contributed by atoms with E-state index in [1.165, 1.54) is 16.6 Å². The molecule has 1 aliphatic rings. The van der Waals surface area contributed by atoms with Crippen LogP contribution in [-0.4, -0.2) is 40.2 Å². The average Bonchev–Trinajstić information content (AvgIpc) is 3.21. The highest BCUT2D eigenvalue weighted by Gasteiger charge is 2.23. The van der Waals surface area contributed by atoms with Gasteiger partial charge in [0, 0.05) is 18.0 Å². The lowest BCUT2D eigenvalue weighted by molar-refractivity contribution is -0.124. The summed E-state index contributed by atoms with van der Waals surface area (Å²) < 4.78 is 1.57. The zero-order valence-electron chi connectivity index (χ0n) is 15.2. The molecule has 0 bridgehead atoms. The van der Waals surface area contributed by atoms with Gasteiger partial charge in [0.1, 0.15) is 4.83 Å². The average molecular weight is 407 g/mol. The highest BCUT2D eigenvalue weighted by molar-refractivity contribution is 7.99. The van der Waals surface area contributed by atoms with E-state index < -0.39 is 0 Å². The van der Waals surface area contributed by atoms with E-state index in [1.54, 1.807) is 22.0 Å². The van der Waals surface area contributed by atoms with E-state index in [4.69, 9.17) is 0 Å². The number of aromatic nitrogens is 2. The number of rotatable bonds is 8. The zero-order valence-corrected chi connectivity index (χ0v) is 16.8. The lowest BCUT2D eigenvalue weighted by Gasteiger charge is -2.10. The number of hydrogen-bond donors (Lipinski definition) is 2. The molecular weight excluding hydrogens is 384 g/mol. The third-order valence-corrected chi connectivity index (χ3v) is 6.42. The number of thioether (sulfide) groups is 1. The Morgan fingerprint density at radius 2 is 2.15 bits per heavy atom. The minimum Gasteiger partial charge on any atom is -0.355 e. The number of hydrogen-bond acceptors (Lipinski definition) is 6. The first-order chi connectivity index (χ1) is 13.0. The maximum absolute atomic E-state index is 13.0. The maximum Gasteiger partial charge on any atom is 0.263 e. The van der Waals surface area contributed by atoms with Gasteiger partial charge in [-0.1, -0.05) is 17.8 Å². The second kappa shape index (κ2) is 8.71. The molecule has 0 aromatic carbocycles. The molecule has 0 saturated heterocycles. The van der Waals surface area contributed by atoms with Crippen molar-refractivity contribution in [1.82, 2.24) is 20.2 Å². The van der Waals surface area contributed by atoms with Gasteiger partial charge in [-0.05, 0) is 31.7 Å². The predicted octanol–water partition coefficient (Wildman–Crippen LogP) is 1.48. The summed E-state index contributed by atoms with van der Waals surface area (Å²) in [6.45, 7) is 6.34. The van der Waals surface area contributed by atoms with Gasteiger partial charge in [0.2, 0.25) is 11.8 Å². The molecule has 2 heterocycles. The molecule has 3 rings (SSSR count). The molecule has 0 aliphatic heterocycles. The van der Waals surface area contributed by atoms with Gasteiger partial charge >= 0.3 is 0 Å². The molecule has 2 N–H and O–H groups in total. The second-order valence-electron chi connectivity index (χ2n) is 6.16. The summed E-state index contributed by atoms with van der Waals surface area (Å²) in [5.74, 6) is -0.425. The predicted molar refractivity (Wildman–Crippen MR) is 109 cm³/mol. The van der Waals surface area contributed by atoms with Crippen LogP contribution < -0.4 is 16.2 Å². The third-order valence-electron chi connectivity index (χ3n) is 4.25. The van der Waals surface area contributed by atoms with Crippen molar-refractivity contribution in [2.75, 3.05) is 18.8 Å². The van der Waals surface area contributed by atoms with E-state index in [0.29, 0.717) is 18.2 Å².